The highest BCUT2D eigenvalue weighted by molar-refractivity contribution is 5.94. The summed E-state index contributed by atoms with van der Waals surface area (Å²) in [7, 11) is 3.37. The number of nitrogens with zero attached hydrogens (tertiary/aromatic N) is 2. The predicted octanol–water partition coefficient (Wildman–Crippen LogP) is 1.19. The third-order valence-electron chi connectivity index (χ3n) is 5.90. The maximum atomic E-state index is 12.9. The number of piperazine rings is 1. The number of carbonyl (C=O) groups is 2. The van der Waals surface area contributed by atoms with E-state index in [1.54, 1.807) is 14.2 Å². The van der Waals surface area contributed by atoms with Gasteiger partial charge in [-0.1, -0.05) is 23.8 Å². The lowest BCUT2D eigenvalue weighted by atomic mass is 10.2. The lowest BCUT2D eigenvalue weighted by Crippen LogP contribution is -3.19. The first-order valence-corrected chi connectivity index (χ1v) is 10.7. The van der Waals surface area contributed by atoms with E-state index >= 15 is 0 Å². The smallest absolute Gasteiger partial charge is 0.280 e. The van der Waals surface area contributed by atoms with Crippen molar-refractivity contribution in [1.82, 2.24) is 4.90 Å². The van der Waals surface area contributed by atoms with Gasteiger partial charge in [0.2, 0.25) is 5.91 Å². The molecule has 2 aromatic rings. The SMILES string of the molecule is COc1cccc(N2CC[NH+]([C@@H](C)C(=O)N(C)CC(=O)Nc3ccc(C)cc3)CC2)c1. The molecule has 2 amide bonds. The standard InChI is InChI=1S/C24H32N4O3/c1-18-8-10-20(11-9-18)25-23(29)17-26(3)24(30)19(2)27-12-14-28(15-13-27)21-6-5-7-22(16-21)31-4/h5-11,16,19H,12-15,17H2,1-4H3,(H,25,29)/p+1/t19-/m0/s1. The third kappa shape index (κ3) is 5.98. The number of rotatable bonds is 7. The Morgan fingerprint density at radius 3 is 2.48 bits per heavy atom. The number of ether oxygens (including phenoxy) is 1. The maximum Gasteiger partial charge on any atom is 0.280 e. The second-order valence-corrected chi connectivity index (χ2v) is 8.18. The average Bonchev–Trinajstić information content (AvgIpc) is 2.79. The number of hydrogen-bond donors (Lipinski definition) is 2. The number of methoxy groups -OCH3 is 1. The highest BCUT2D eigenvalue weighted by atomic mass is 16.5. The predicted molar refractivity (Wildman–Crippen MR) is 123 cm³/mol. The van der Waals surface area contributed by atoms with Crippen LogP contribution in [0.1, 0.15) is 12.5 Å². The molecule has 31 heavy (non-hydrogen) atoms. The summed E-state index contributed by atoms with van der Waals surface area (Å²) in [5, 5.41) is 2.85. The van der Waals surface area contributed by atoms with Gasteiger partial charge in [-0.2, -0.15) is 0 Å². The number of likely N-dealkylation sites (N-methyl/N-ethyl adjacent to an activating group) is 1. The van der Waals surface area contributed by atoms with Crippen molar-refractivity contribution in [3.63, 3.8) is 0 Å². The molecule has 0 saturated carbocycles. The molecule has 0 radical (unpaired) electrons. The molecule has 1 saturated heterocycles. The Morgan fingerprint density at radius 2 is 1.84 bits per heavy atom. The van der Waals surface area contributed by atoms with Crippen LogP contribution in [0.2, 0.25) is 0 Å². The Bertz CT molecular complexity index is 892. The molecule has 0 aliphatic carbocycles. The van der Waals surface area contributed by atoms with E-state index in [-0.39, 0.29) is 24.4 Å². The van der Waals surface area contributed by atoms with Gasteiger partial charge in [0.1, 0.15) is 5.75 Å². The first kappa shape index (κ1) is 22.6. The van der Waals surface area contributed by atoms with Crippen molar-refractivity contribution in [2.75, 3.05) is 57.1 Å². The van der Waals surface area contributed by atoms with Crippen LogP contribution in [0.3, 0.4) is 0 Å². The molecule has 1 atom stereocenters. The van der Waals surface area contributed by atoms with Crippen molar-refractivity contribution in [3.8, 4) is 5.75 Å². The highest BCUT2D eigenvalue weighted by Gasteiger charge is 2.31. The quantitative estimate of drug-likeness (QED) is 0.700. The number of anilines is 2. The van der Waals surface area contributed by atoms with E-state index in [0.717, 1.165) is 48.9 Å². The third-order valence-corrected chi connectivity index (χ3v) is 5.90. The Hall–Kier alpha value is -3.06. The molecule has 2 aromatic carbocycles. The number of hydrogen-bond acceptors (Lipinski definition) is 4. The number of carbonyl (C=O) groups excluding carboxylic acids is 2. The van der Waals surface area contributed by atoms with Crippen molar-refractivity contribution in [3.05, 3.63) is 54.1 Å². The van der Waals surface area contributed by atoms with Gasteiger partial charge in [0.05, 0.1) is 39.8 Å². The van der Waals surface area contributed by atoms with Gasteiger partial charge in [-0.15, -0.1) is 0 Å². The summed E-state index contributed by atoms with van der Waals surface area (Å²) in [6, 6.07) is 15.5. The fourth-order valence-corrected chi connectivity index (χ4v) is 3.93. The average molecular weight is 426 g/mol. The van der Waals surface area contributed by atoms with E-state index in [2.05, 4.69) is 16.3 Å². The molecule has 7 nitrogen and oxygen atoms in total. The van der Waals surface area contributed by atoms with Gasteiger partial charge in [-0.25, -0.2) is 0 Å². The van der Waals surface area contributed by atoms with Crippen molar-refractivity contribution >= 4 is 23.2 Å². The second kappa shape index (κ2) is 10.3. The summed E-state index contributed by atoms with van der Waals surface area (Å²) in [6.07, 6.45) is 0. The highest BCUT2D eigenvalue weighted by Crippen LogP contribution is 2.20. The molecule has 3 rings (SSSR count). The number of amides is 2. The van der Waals surface area contributed by atoms with Crippen molar-refractivity contribution in [2.24, 2.45) is 0 Å². The minimum absolute atomic E-state index is 0.0103. The molecule has 0 spiro atoms. The maximum absolute atomic E-state index is 12.9. The largest absolute Gasteiger partial charge is 0.497 e. The Balaban J connectivity index is 1.49. The van der Waals surface area contributed by atoms with E-state index < -0.39 is 0 Å². The molecule has 166 valence electrons. The second-order valence-electron chi connectivity index (χ2n) is 8.18. The van der Waals surface area contributed by atoms with Crippen LogP contribution in [0.25, 0.3) is 0 Å². The van der Waals surface area contributed by atoms with Gasteiger partial charge >= 0.3 is 0 Å². The van der Waals surface area contributed by atoms with Crippen LogP contribution < -0.4 is 19.9 Å². The van der Waals surface area contributed by atoms with Crippen LogP contribution in [0.15, 0.2) is 48.5 Å². The lowest BCUT2D eigenvalue weighted by Gasteiger charge is -2.37. The van der Waals surface area contributed by atoms with E-state index in [1.165, 1.54) is 9.80 Å². The zero-order valence-electron chi connectivity index (χ0n) is 18.9. The molecule has 1 fully saturated rings. The molecule has 0 aromatic heterocycles. The fraction of sp³-hybridized carbons (Fsp3) is 0.417. The minimum Gasteiger partial charge on any atom is -0.497 e. The molecule has 7 heteroatoms. The molecular formula is C24H33N4O3+. The Kier molecular flexibility index (Phi) is 7.52. The monoisotopic (exact) mass is 425 g/mol. The number of quaternary nitrogens is 1. The summed E-state index contributed by atoms with van der Waals surface area (Å²) in [5.74, 6) is 0.648. The first-order valence-electron chi connectivity index (χ1n) is 10.7. The number of nitrogens with one attached hydrogen (secondary N) is 2. The van der Waals surface area contributed by atoms with Crippen LogP contribution in [0, 0.1) is 6.92 Å². The van der Waals surface area contributed by atoms with Crippen molar-refractivity contribution in [1.29, 1.82) is 0 Å². The van der Waals surface area contributed by atoms with E-state index in [4.69, 9.17) is 4.74 Å². The lowest BCUT2D eigenvalue weighted by molar-refractivity contribution is -0.915. The molecular weight excluding hydrogens is 392 g/mol. The van der Waals surface area contributed by atoms with Gasteiger partial charge in [-0.05, 0) is 38.1 Å². The van der Waals surface area contributed by atoms with Crippen LogP contribution in [0.4, 0.5) is 11.4 Å². The van der Waals surface area contributed by atoms with Crippen LogP contribution in [-0.4, -0.2) is 69.6 Å². The van der Waals surface area contributed by atoms with E-state index in [1.807, 2.05) is 56.3 Å². The summed E-state index contributed by atoms with van der Waals surface area (Å²) < 4.78 is 5.32. The topological polar surface area (TPSA) is 66.3 Å². The molecule has 1 aliphatic heterocycles. The van der Waals surface area contributed by atoms with Crippen molar-refractivity contribution < 1.29 is 19.2 Å². The van der Waals surface area contributed by atoms with Gasteiger partial charge in [0.25, 0.3) is 5.91 Å². The summed E-state index contributed by atoms with van der Waals surface area (Å²) in [6.45, 7) is 7.47. The Labute approximate surface area is 184 Å². The van der Waals surface area contributed by atoms with Crippen molar-refractivity contribution in [2.45, 2.75) is 19.9 Å². The van der Waals surface area contributed by atoms with Crippen LogP contribution in [-0.2, 0) is 9.59 Å². The molecule has 0 bridgehead atoms. The Morgan fingerprint density at radius 1 is 1.16 bits per heavy atom. The van der Waals surface area contributed by atoms with Crippen LogP contribution >= 0.6 is 0 Å². The van der Waals surface area contributed by atoms with E-state index in [9.17, 15) is 9.59 Å². The summed E-state index contributed by atoms with van der Waals surface area (Å²) >= 11 is 0. The van der Waals surface area contributed by atoms with Gasteiger partial charge in [0.15, 0.2) is 6.04 Å². The summed E-state index contributed by atoms with van der Waals surface area (Å²) in [4.78, 5) is 30.3. The number of aryl methyl sites for hydroxylation is 1. The molecule has 1 aliphatic rings. The van der Waals surface area contributed by atoms with Crippen LogP contribution in [0.5, 0.6) is 5.75 Å². The fourth-order valence-electron chi connectivity index (χ4n) is 3.93. The first-order chi connectivity index (χ1) is 14.9. The zero-order chi connectivity index (χ0) is 22.4. The van der Waals surface area contributed by atoms with Gasteiger partial charge in [-0.3, -0.25) is 9.59 Å². The van der Waals surface area contributed by atoms with Gasteiger partial charge in [0, 0.05) is 24.5 Å². The number of benzene rings is 2. The van der Waals surface area contributed by atoms with Gasteiger partial charge < -0.3 is 24.8 Å². The molecule has 2 N–H and O–H groups in total. The molecule has 0 unspecified atom stereocenters. The molecule has 1 heterocycles. The summed E-state index contributed by atoms with van der Waals surface area (Å²) in [5.41, 5.74) is 3.01. The normalized spacial score (nSPS) is 15.3. The minimum atomic E-state index is -0.190. The van der Waals surface area contributed by atoms with E-state index in [0.29, 0.717) is 0 Å². The zero-order valence-corrected chi connectivity index (χ0v) is 18.9.